The summed E-state index contributed by atoms with van der Waals surface area (Å²) in [6.45, 7) is 0. The first kappa shape index (κ1) is 21.8. The second-order valence-electron chi connectivity index (χ2n) is 6.92. The molecule has 1 N–H and O–H groups in total. The van der Waals surface area contributed by atoms with Gasteiger partial charge in [0.15, 0.2) is 5.82 Å². The summed E-state index contributed by atoms with van der Waals surface area (Å²) in [5.74, 6) is -3.35. The molecule has 0 aliphatic carbocycles. The molecule has 0 aliphatic rings. The SMILES string of the molecule is CS(=O)(=O)NC(=O)c1cc(Cl)cc(-n2nc(-c3ccc(F)cc3)c3cc(F)ccc32)c1F. The van der Waals surface area contributed by atoms with Gasteiger partial charge in [-0.2, -0.15) is 5.10 Å². The van der Waals surface area contributed by atoms with Gasteiger partial charge in [-0.05, 0) is 54.6 Å². The first-order chi connectivity index (χ1) is 15.0. The van der Waals surface area contributed by atoms with Crippen LogP contribution in [0.5, 0.6) is 0 Å². The van der Waals surface area contributed by atoms with Crippen LogP contribution in [-0.4, -0.2) is 30.4 Å². The molecule has 1 aromatic heterocycles. The van der Waals surface area contributed by atoms with E-state index in [1.807, 2.05) is 0 Å². The van der Waals surface area contributed by atoms with Gasteiger partial charge in [-0.15, -0.1) is 0 Å². The Hall–Kier alpha value is -3.37. The lowest BCUT2D eigenvalue weighted by Gasteiger charge is -2.10. The second kappa shape index (κ2) is 7.95. The lowest BCUT2D eigenvalue weighted by molar-refractivity contribution is 0.0977. The smallest absolute Gasteiger partial charge is 0.267 e. The Morgan fingerprint density at radius 2 is 1.66 bits per heavy atom. The zero-order chi connectivity index (χ0) is 23.2. The number of nitrogens with zero attached hydrogens (tertiary/aromatic N) is 2. The van der Waals surface area contributed by atoms with Gasteiger partial charge in [0.1, 0.15) is 23.0 Å². The van der Waals surface area contributed by atoms with E-state index in [0.29, 0.717) is 10.9 Å². The number of carbonyl (C=O) groups excluding carboxylic acids is 1. The summed E-state index contributed by atoms with van der Waals surface area (Å²) in [4.78, 5) is 12.3. The molecular weight excluding hydrogens is 467 g/mol. The molecule has 0 atom stereocenters. The molecule has 32 heavy (non-hydrogen) atoms. The van der Waals surface area contributed by atoms with Gasteiger partial charge in [-0.3, -0.25) is 4.79 Å². The molecule has 1 heterocycles. The number of hydrogen-bond acceptors (Lipinski definition) is 4. The Morgan fingerprint density at radius 1 is 1.00 bits per heavy atom. The first-order valence-corrected chi connectivity index (χ1v) is 11.3. The fourth-order valence-electron chi connectivity index (χ4n) is 3.21. The monoisotopic (exact) mass is 479 g/mol. The molecule has 4 rings (SSSR count). The highest BCUT2D eigenvalue weighted by Crippen LogP contribution is 2.33. The molecule has 0 bridgehead atoms. The van der Waals surface area contributed by atoms with Crippen molar-refractivity contribution >= 4 is 38.4 Å². The minimum atomic E-state index is -3.96. The average Bonchev–Trinajstić information content (AvgIpc) is 3.07. The maximum Gasteiger partial charge on any atom is 0.267 e. The zero-order valence-electron chi connectivity index (χ0n) is 16.2. The molecule has 0 radical (unpaired) electrons. The molecular formula is C21H13ClF3N3O3S. The number of halogens is 4. The number of aromatic nitrogens is 2. The van der Waals surface area contributed by atoms with Crippen LogP contribution >= 0.6 is 11.6 Å². The molecule has 6 nitrogen and oxygen atoms in total. The van der Waals surface area contributed by atoms with E-state index in [1.165, 1.54) is 42.5 Å². The summed E-state index contributed by atoms with van der Waals surface area (Å²) in [6.07, 6.45) is 0.749. The number of hydrogen-bond donors (Lipinski definition) is 1. The van der Waals surface area contributed by atoms with E-state index in [-0.39, 0.29) is 21.9 Å². The van der Waals surface area contributed by atoms with E-state index in [4.69, 9.17) is 11.6 Å². The topological polar surface area (TPSA) is 81.1 Å². The standard InChI is InChI=1S/C21H13ClF3N3O3S/c1-32(30,31)27-21(29)16-8-12(22)9-18(19(16)25)28-17-7-6-14(24)10-15(17)20(26-28)11-2-4-13(23)5-3-11/h2-10H,1H3,(H,27,29). The minimum Gasteiger partial charge on any atom is -0.268 e. The van der Waals surface area contributed by atoms with Crippen LogP contribution in [0.2, 0.25) is 5.02 Å². The lowest BCUT2D eigenvalue weighted by atomic mass is 10.1. The number of amides is 1. The maximum absolute atomic E-state index is 15.3. The Morgan fingerprint density at radius 3 is 2.31 bits per heavy atom. The second-order valence-corrected chi connectivity index (χ2v) is 9.10. The minimum absolute atomic E-state index is 0.0610. The summed E-state index contributed by atoms with van der Waals surface area (Å²) in [7, 11) is -3.96. The van der Waals surface area contributed by atoms with Gasteiger partial charge in [0.25, 0.3) is 5.91 Å². The Labute approximate surface area is 185 Å². The summed E-state index contributed by atoms with van der Waals surface area (Å²) in [6, 6.07) is 11.1. The Balaban J connectivity index is 1.96. The van der Waals surface area contributed by atoms with Gasteiger partial charge >= 0.3 is 0 Å². The number of carbonyl (C=O) groups is 1. The van der Waals surface area contributed by atoms with Gasteiger partial charge < -0.3 is 0 Å². The highest BCUT2D eigenvalue weighted by Gasteiger charge is 2.23. The number of fused-ring (bicyclic) bond motifs is 1. The molecule has 1 amide bonds. The summed E-state index contributed by atoms with van der Waals surface area (Å²) >= 11 is 6.07. The van der Waals surface area contributed by atoms with Crippen molar-refractivity contribution in [2.75, 3.05) is 6.26 Å². The normalized spacial score (nSPS) is 11.7. The van der Waals surface area contributed by atoms with Crippen LogP contribution in [0.15, 0.2) is 54.6 Å². The third-order valence-corrected chi connectivity index (χ3v) is 5.30. The maximum atomic E-state index is 15.3. The molecule has 11 heteroatoms. The van der Waals surface area contributed by atoms with Crippen LogP contribution in [-0.2, 0) is 10.0 Å². The van der Waals surface area contributed by atoms with Crippen molar-refractivity contribution in [3.8, 4) is 16.9 Å². The predicted molar refractivity (Wildman–Crippen MR) is 114 cm³/mol. The van der Waals surface area contributed by atoms with Crippen LogP contribution in [0.1, 0.15) is 10.4 Å². The Bertz CT molecular complexity index is 1490. The summed E-state index contributed by atoms with van der Waals surface area (Å²) in [5, 5.41) is 4.60. The van der Waals surface area contributed by atoms with Crippen LogP contribution < -0.4 is 4.72 Å². The van der Waals surface area contributed by atoms with E-state index in [0.717, 1.165) is 23.1 Å². The lowest BCUT2D eigenvalue weighted by Crippen LogP contribution is -2.30. The van der Waals surface area contributed by atoms with Crippen molar-refractivity contribution < 1.29 is 26.4 Å². The van der Waals surface area contributed by atoms with E-state index < -0.39 is 38.9 Å². The summed E-state index contributed by atoms with van der Waals surface area (Å²) < 4.78 is 68.2. The molecule has 0 unspecified atom stereocenters. The third-order valence-electron chi connectivity index (χ3n) is 4.53. The van der Waals surface area contributed by atoms with E-state index >= 15 is 4.39 Å². The van der Waals surface area contributed by atoms with E-state index in [9.17, 15) is 22.0 Å². The molecule has 3 aromatic carbocycles. The van der Waals surface area contributed by atoms with Gasteiger partial charge in [0.05, 0.1) is 17.3 Å². The van der Waals surface area contributed by atoms with Gasteiger partial charge in [-0.1, -0.05) is 11.6 Å². The fourth-order valence-corrected chi connectivity index (χ4v) is 3.87. The van der Waals surface area contributed by atoms with Crippen molar-refractivity contribution in [1.29, 1.82) is 0 Å². The van der Waals surface area contributed by atoms with Crippen LogP contribution in [0, 0.1) is 17.5 Å². The van der Waals surface area contributed by atoms with E-state index in [1.54, 1.807) is 4.72 Å². The van der Waals surface area contributed by atoms with Crippen LogP contribution in [0.4, 0.5) is 13.2 Å². The molecule has 164 valence electrons. The molecule has 0 fully saturated rings. The highest BCUT2D eigenvalue weighted by atomic mass is 35.5. The van der Waals surface area contributed by atoms with Gasteiger partial charge in [-0.25, -0.2) is 31.0 Å². The van der Waals surface area contributed by atoms with Crippen molar-refractivity contribution in [1.82, 2.24) is 14.5 Å². The highest BCUT2D eigenvalue weighted by molar-refractivity contribution is 7.89. The number of sulfonamides is 1. The molecule has 0 aliphatic heterocycles. The molecule has 0 saturated carbocycles. The Kier molecular flexibility index (Phi) is 5.43. The van der Waals surface area contributed by atoms with Gasteiger partial charge in [0.2, 0.25) is 10.0 Å². The third kappa shape index (κ3) is 4.19. The number of rotatable bonds is 4. The molecule has 4 aromatic rings. The van der Waals surface area contributed by atoms with Crippen molar-refractivity contribution in [2.24, 2.45) is 0 Å². The van der Waals surface area contributed by atoms with Crippen molar-refractivity contribution in [3.63, 3.8) is 0 Å². The van der Waals surface area contributed by atoms with Gasteiger partial charge in [0, 0.05) is 16.0 Å². The van der Waals surface area contributed by atoms with Crippen molar-refractivity contribution in [3.05, 3.63) is 82.6 Å². The largest absolute Gasteiger partial charge is 0.268 e. The molecule has 0 saturated heterocycles. The van der Waals surface area contributed by atoms with Crippen LogP contribution in [0.3, 0.4) is 0 Å². The number of benzene rings is 3. The quantitative estimate of drug-likeness (QED) is 0.469. The van der Waals surface area contributed by atoms with E-state index in [2.05, 4.69) is 5.10 Å². The predicted octanol–water partition coefficient (Wildman–Crippen LogP) is 4.45. The van der Waals surface area contributed by atoms with Crippen molar-refractivity contribution in [2.45, 2.75) is 0 Å². The summed E-state index contributed by atoms with van der Waals surface area (Å²) in [5.41, 5.74) is 0.0775. The average molecular weight is 480 g/mol. The van der Waals surface area contributed by atoms with Crippen LogP contribution in [0.25, 0.3) is 27.8 Å². The zero-order valence-corrected chi connectivity index (χ0v) is 17.8. The molecule has 0 spiro atoms. The number of nitrogens with one attached hydrogen (secondary N) is 1. The fraction of sp³-hybridized carbons (Fsp3) is 0.0476. The first-order valence-electron chi connectivity index (χ1n) is 8.99.